The molecule has 22 heavy (non-hydrogen) atoms. The fraction of sp³-hybridized carbons (Fsp3) is 0.400. The largest absolute Gasteiger partial charge is 0.550 e. The zero-order valence-corrected chi connectivity index (χ0v) is 13.9. The molecule has 0 amide bonds. The van der Waals surface area contributed by atoms with Gasteiger partial charge in [0.15, 0.2) is 5.11 Å². The Morgan fingerprint density at radius 3 is 2.68 bits per heavy atom. The second-order valence-electron chi connectivity index (χ2n) is 5.01. The van der Waals surface area contributed by atoms with Crippen molar-refractivity contribution in [1.82, 2.24) is 10.7 Å². The third-order valence-electron chi connectivity index (χ3n) is 2.78. The summed E-state index contributed by atoms with van der Waals surface area (Å²) in [5.74, 6) is -0.656. The molecular weight excluding hydrogens is 302 g/mol. The fourth-order valence-electron chi connectivity index (χ4n) is 1.79. The zero-order chi connectivity index (χ0) is 16.7. The van der Waals surface area contributed by atoms with E-state index in [-0.39, 0.29) is 12.5 Å². The molecule has 0 aliphatic rings. The molecule has 0 heterocycles. The first kappa shape index (κ1) is 17.9. The predicted molar refractivity (Wildman–Crippen MR) is 87.9 cm³/mol. The van der Waals surface area contributed by atoms with Crippen molar-refractivity contribution < 1.29 is 14.6 Å². The summed E-state index contributed by atoms with van der Waals surface area (Å²) < 4.78 is 5.15. The number of aliphatic carboxylic acids is 1. The number of carboxylic acid groups (broad SMARTS) is 1. The molecule has 0 spiro atoms. The van der Waals surface area contributed by atoms with Crippen molar-refractivity contribution in [2.45, 2.75) is 33.2 Å². The third-order valence-corrected chi connectivity index (χ3v) is 2.99. The van der Waals surface area contributed by atoms with Crippen LogP contribution in [0, 0.1) is 0 Å². The van der Waals surface area contributed by atoms with Gasteiger partial charge in [-0.3, -0.25) is 5.43 Å². The molecular formula is C15H20N3O3S-. The Labute approximate surface area is 135 Å². The number of thiocarbonyl (C=S) groups is 1. The molecule has 1 aromatic rings. The fourth-order valence-corrected chi connectivity index (χ4v) is 2.07. The first-order valence-electron chi connectivity index (χ1n) is 6.81. The maximum atomic E-state index is 10.8. The van der Waals surface area contributed by atoms with Gasteiger partial charge in [0.1, 0.15) is 5.75 Å². The van der Waals surface area contributed by atoms with Crippen LogP contribution < -0.4 is 20.6 Å². The van der Waals surface area contributed by atoms with Crippen LogP contribution in [0.15, 0.2) is 23.3 Å². The molecule has 1 aromatic carbocycles. The zero-order valence-electron chi connectivity index (χ0n) is 13.1. The number of carbonyl (C=O) groups excluding carboxylic acids is 1. The van der Waals surface area contributed by atoms with Gasteiger partial charge in [0.2, 0.25) is 0 Å². The molecule has 0 radical (unpaired) electrons. The summed E-state index contributed by atoms with van der Waals surface area (Å²) in [6.45, 7) is 5.75. The van der Waals surface area contributed by atoms with Crippen LogP contribution in [0.25, 0.3) is 0 Å². The van der Waals surface area contributed by atoms with Gasteiger partial charge in [0.05, 0.1) is 12.8 Å². The first-order chi connectivity index (χ1) is 10.3. The molecule has 2 N–H and O–H groups in total. The number of hydrazone groups is 1. The lowest BCUT2D eigenvalue weighted by atomic mass is 10.0. The molecule has 0 fully saturated rings. The highest BCUT2D eigenvalue weighted by Gasteiger charge is 2.07. The Balaban J connectivity index is 2.91. The van der Waals surface area contributed by atoms with E-state index in [0.29, 0.717) is 22.1 Å². The molecule has 0 aliphatic carbocycles. The maximum Gasteiger partial charge on any atom is 0.187 e. The van der Waals surface area contributed by atoms with Gasteiger partial charge < -0.3 is 20.0 Å². The van der Waals surface area contributed by atoms with Crippen molar-refractivity contribution in [2.75, 3.05) is 7.11 Å². The normalized spacial score (nSPS) is 11.2. The predicted octanol–water partition coefficient (Wildman–Crippen LogP) is 0.584. The van der Waals surface area contributed by atoms with E-state index in [2.05, 4.69) is 15.8 Å². The molecule has 0 aliphatic heterocycles. The Bertz CT molecular complexity index is 585. The molecule has 0 saturated heterocycles. The molecule has 1 rings (SSSR count). The van der Waals surface area contributed by atoms with E-state index >= 15 is 0 Å². The SMILES string of the molecule is COc1ccc(/C(C)=N\NC(=S)NC(C)C)cc1CC(=O)[O-]. The summed E-state index contributed by atoms with van der Waals surface area (Å²) in [4.78, 5) is 10.8. The number of nitrogens with one attached hydrogen (secondary N) is 2. The van der Waals surface area contributed by atoms with Crippen molar-refractivity contribution in [1.29, 1.82) is 0 Å². The van der Waals surface area contributed by atoms with Gasteiger partial charge in [-0.15, -0.1) is 0 Å². The minimum atomic E-state index is -1.16. The number of rotatable bonds is 6. The summed E-state index contributed by atoms with van der Waals surface area (Å²) >= 11 is 5.09. The number of ether oxygens (including phenoxy) is 1. The topological polar surface area (TPSA) is 85.8 Å². The first-order valence-corrected chi connectivity index (χ1v) is 7.22. The van der Waals surface area contributed by atoms with Crippen LogP contribution in [0.2, 0.25) is 0 Å². The van der Waals surface area contributed by atoms with Gasteiger partial charge in [-0.05, 0) is 56.8 Å². The highest BCUT2D eigenvalue weighted by atomic mass is 32.1. The minimum Gasteiger partial charge on any atom is -0.550 e. The van der Waals surface area contributed by atoms with Crippen molar-refractivity contribution in [2.24, 2.45) is 5.10 Å². The number of hydrogen-bond acceptors (Lipinski definition) is 5. The van der Waals surface area contributed by atoms with Gasteiger partial charge in [-0.2, -0.15) is 5.10 Å². The average Bonchev–Trinajstić information content (AvgIpc) is 2.43. The van der Waals surface area contributed by atoms with Crippen molar-refractivity contribution in [3.63, 3.8) is 0 Å². The van der Waals surface area contributed by atoms with Crippen LogP contribution >= 0.6 is 12.2 Å². The standard InChI is InChI=1S/C15H21N3O3S/c1-9(2)16-15(22)18-17-10(3)11-5-6-13(21-4)12(7-11)8-14(19)20/h5-7,9H,8H2,1-4H3,(H,19,20)(H2,16,18,22)/p-1/b17-10-. The van der Waals surface area contributed by atoms with E-state index in [4.69, 9.17) is 17.0 Å². The Morgan fingerprint density at radius 2 is 2.14 bits per heavy atom. The number of carboxylic acids is 1. The van der Waals surface area contributed by atoms with Crippen LogP contribution in [-0.4, -0.2) is 29.9 Å². The molecule has 120 valence electrons. The van der Waals surface area contributed by atoms with E-state index in [9.17, 15) is 9.90 Å². The lowest BCUT2D eigenvalue weighted by Crippen LogP contribution is -2.37. The molecule has 6 nitrogen and oxygen atoms in total. The van der Waals surface area contributed by atoms with Crippen molar-refractivity contribution >= 4 is 29.0 Å². The molecule has 0 unspecified atom stereocenters. The number of methoxy groups -OCH3 is 1. The molecule has 0 saturated carbocycles. The third kappa shape index (κ3) is 5.69. The lowest BCUT2D eigenvalue weighted by molar-refractivity contribution is -0.304. The van der Waals surface area contributed by atoms with E-state index in [0.717, 1.165) is 5.56 Å². The quantitative estimate of drug-likeness (QED) is 0.453. The molecule has 0 aromatic heterocycles. The van der Waals surface area contributed by atoms with E-state index in [1.807, 2.05) is 13.8 Å². The molecule has 0 atom stereocenters. The minimum absolute atomic E-state index is 0.214. The number of nitrogens with zero attached hydrogens (tertiary/aromatic N) is 1. The van der Waals surface area contributed by atoms with Gasteiger partial charge in [-0.25, -0.2) is 0 Å². The van der Waals surface area contributed by atoms with Gasteiger partial charge >= 0.3 is 0 Å². The lowest BCUT2D eigenvalue weighted by Gasteiger charge is -2.12. The summed E-state index contributed by atoms with van der Waals surface area (Å²) in [7, 11) is 1.49. The highest BCUT2D eigenvalue weighted by Crippen LogP contribution is 2.20. The van der Waals surface area contributed by atoms with E-state index in [1.54, 1.807) is 25.1 Å². The smallest absolute Gasteiger partial charge is 0.187 e. The number of hydrogen-bond donors (Lipinski definition) is 2. The average molecular weight is 322 g/mol. The maximum absolute atomic E-state index is 10.8. The van der Waals surface area contributed by atoms with Gasteiger partial charge in [0, 0.05) is 24.0 Å². The van der Waals surface area contributed by atoms with Crippen LogP contribution in [0.5, 0.6) is 5.75 Å². The Kier molecular flexibility index (Phi) is 6.78. The van der Waals surface area contributed by atoms with E-state index in [1.165, 1.54) is 7.11 Å². The summed E-state index contributed by atoms with van der Waals surface area (Å²) in [6.07, 6.45) is -0.217. The summed E-state index contributed by atoms with van der Waals surface area (Å²) in [6, 6.07) is 5.44. The number of carbonyl (C=O) groups is 1. The second kappa shape index (κ2) is 8.33. The monoisotopic (exact) mass is 322 g/mol. The van der Waals surface area contributed by atoms with Crippen LogP contribution in [0.3, 0.4) is 0 Å². The second-order valence-corrected chi connectivity index (χ2v) is 5.42. The molecule has 7 heteroatoms. The summed E-state index contributed by atoms with van der Waals surface area (Å²) in [5, 5.41) is 18.4. The summed E-state index contributed by atoms with van der Waals surface area (Å²) in [5.41, 5.74) is 4.74. The highest BCUT2D eigenvalue weighted by molar-refractivity contribution is 7.80. The Hall–Kier alpha value is -2.15. The number of benzene rings is 1. The van der Waals surface area contributed by atoms with Crippen molar-refractivity contribution in [3.05, 3.63) is 29.3 Å². The van der Waals surface area contributed by atoms with E-state index < -0.39 is 5.97 Å². The van der Waals surface area contributed by atoms with Crippen molar-refractivity contribution in [3.8, 4) is 5.75 Å². The van der Waals surface area contributed by atoms with Gasteiger partial charge in [0.25, 0.3) is 0 Å². The van der Waals surface area contributed by atoms with Crippen LogP contribution in [0.4, 0.5) is 0 Å². The Morgan fingerprint density at radius 1 is 1.45 bits per heavy atom. The van der Waals surface area contributed by atoms with Crippen LogP contribution in [-0.2, 0) is 11.2 Å². The van der Waals surface area contributed by atoms with Crippen LogP contribution in [0.1, 0.15) is 31.9 Å². The molecule has 0 bridgehead atoms. The van der Waals surface area contributed by atoms with Gasteiger partial charge in [-0.1, -0.05) is 0 Å².